The molecule has 0 fully saturated rings. The van der Waals surface area contributed by atoms with Crippen LogP contribution in [0.25, 0.3) is 23.3 Å². The molecule has 0 N–H and O–H groups in total. The summed E-state index contributed by atoms with van der Waals surface area (Å²) in [5, 5.41) is 18.0. The van der Waals surface area contributed by atoms with Crippen molar-refractivity contribution >= 4 is 12.2 Å². The van der Waals surface area contributed by atoms with Crippen LogP contribution >= 0.6 is 0 Å². The van der Waals surface area contributed by atoms with E-state index in [0.29, 0.717) is 11.1 Å². The molecule has 0 radical (unpaired) electrons. The molecule has 0 aliphatic heterocycles. The van der Waals surface area contributed by atoms with Gasteiger partial charge in [0.1, 0.15) is 0 Å². The van der Waals surface area contributed by atoms with Crippen LogP contribution in [0.3, 0.4) is 0 Å². The molecular formula is C22H14N2. The number of hydrogen-bond donors (Lipinski definition) is 0. The van der Waals surface area contributed by atoms with Gasteiger partial charge in [-0.1, -0.05) is 54.6 Å². The first-order valence-electron chi connectivity index (χ1n) is 7.57. The fourth-order valence-electron chi connectivity index (χ4n) is 2.49. The molecule has 0 amide bonds. The predicted octanol–water partition coefficient (Wildman–Crippen LogP) is 5.27. The van der Waals surface area contributed by atoms with Crippen LogP contribution < -0.4 is 0 Å². The van der Waals surface area contributed by atoms with Gasteiger partial charge in [0.2, 0.25) is 0 Å². The maximum absolute atomic E-state index is 9.03. The van der Waals surface area contributed by atoms with E-state index in [2.05, 4.69) is 18.2 Å². The van der Waals surface area contributed by atoms with Crippen molar-refractivity contribution in [2.75, 3.05) is 0 Å². The number of hydrogen-bond acceptors (Lipinski definition) is 2. The summed E-state index contributed by atoms with van der Waals surface area (Å²) < 4.78 is 0. The Morgan fingerprint density at radius 3 is 1.75 bits per heavy atom. The zero-order chi connectivity index (χ0) is 16.8. The Hall–Kier alpha value is -3.62. The second-order valence-corrected chi connectivity index (χ2v) is 5.39. The summed E-state index contributed by atoms with van der Waals surface area (Å²) in [4.78, 5) is 0. The van der Waals surface area contributed by atoms with E-state index in [1.54, 1.807) is 12.1 Å². The lowest BCUT2D eigenvalue weighted by molar-refractivity contribution is 1.48. The average molecular weight is 306 g/mol. The molecule has 0 bridgehead atoms. The Morgan fingerprint density at radius 1 is 0.583 bits per heavy atom. The van der Waals surface area contributed by atoms with E-state index >= 15 is 0 Å². The van der Waals surface area contributed by atoms with Crippen LogP contribution in [-0.2, 0) is 0 Å². The van der Waals surface area contributed by atoms with E-state index in [1.807, 2.05) is 66.7 Å². The summed E-state index contributed by atoms with van der Waals surface area (Å²) in [6.07, 6.45) is 4.01. The van der Waals surface area contributed by atoms with Crippen LogP contribution in [0.5, 0.6) is 0 Å². The Morgan fingerprint density at radius 2 is 1.08 bits per heavy atom. The second-order valence-electron chi connectivity index (χ2n) is 5.39. The van der Waals surface area contributed by atoms with Gasteiger partial charge in [0, 0.05) is 0 Å². The van der Waals surface area contributed by atoms with Gasteiger partial charge >= 0.3 is 0 Å². The molecule has 112 valence electrons. The quantitative estimate of drug-likeness (QED) is 0.619. The number of rotatable bonds is 3. The van der Waals surface area contributed by atoms with E-state index in [1.165, 1.54) is 0 Å². The number of nitrogens with zero attached hydrogens (tertiary/aromatic N) is 2. The zero-order valence-electron chi connectivity index (χ0n) is 13.0. The molecule has 0 atom stereocenters. The van der Waals surface area contributed by atoms with Crippen molar-refractivity contribution in [3.63, 3.8) is 0 Å². The Bertz CT molecular complexity index is 985. The van der Waals surface area contributed by atoms with Gasteiger partial charge in [0.15, 0.2) is 0 Å². The van der Waals surface area contributed by atoms with Crippen molar-refractivity contribution in [3.05, 3.63) is 95.1 Å². The van der Waals surface area contributed by atoms with Gasteiger partial charge in [0.05, 0.1) is 23.3 Å². The van der Waals surface area contributed by atoms with Crippen LogP contribution in [0, 0.1) is 22.7 Å². The molecule has 2 nitrogen and oxygen atoms in total. The van der Waals surface area contributed by atoms with E-state index in [0.717, 1.165) is 22.3 Å². The fourth-order valence-corrected chi connectivity index (χ4v) is 2.49. The van der Waals surface area contributed by atoms with Gasteiger partial charge in [-0.2, -0.15) is 10.5 Å². The van der Waals surface area contributed by atoms with Gasteiger partial charge in [-0.3, -0.25) is 0 Å². The van der Waals surface area contributed by atoms with Crippen molar-refractivity contribution in [1.29, 1.82) is 10.5 Å². The lowest BCUT2D eigenvalue weighted by Gasteiger charge is -2.03. The van der Waals surface area contributed by atoms with Crippen molar-refractivity contribution < 1.29 is 0 Å². The molecule has 0 spiro atoms. The predicted molar refractivity (Wildman–Crippen MR) is 96.7 cm³/mol. The average Bonchev–Trinajstić information content (AvgIpc) is 2.67. The number of benzene rings is 3. The minimum atomic E-state index is 0.652. The second kappa shape index (κ2) is 7.09. The van der Waals surface area contributed by atoms with Crippen molar-refractivity contribution in [2.24, 2.45) is 0 Å². The highest BCUT2D eigenvalue weighted by atomic mass is 14.2. The summed E-state index contributed by atoms with van der Waals surface area (Å²) in [5.41, 5.74) is 5.46. The molecule has 0 aromatic heterocycles. The summed E-state index contributed by atoms with van der Waals surface area (Å²) in [7, 11) is 0. The third-order valence-corrected chi connectivity index (χ3v) is 3.70. The van der Waals surface area contributed by atoms with Crippen LogP contribution in [0.4, 0.5) is 0 Å². The van der Waals surface area contributed by atoms with E-state index < -0.39 is 0 Å². The largest absolute Gasteiger partial charge is 0.192 e. The lowest BCUT2D eigenvalue weighted by Crippen LogP contribution is -1.81. The minimum absolute atomic E-state index is 0.652. The smallest absolute Gasteiger partial charge is 0.0991 e. The third-order valence-electron chi connectivity index (χ3n) is 3.70. The topological polar surface area (TPSA) is 47.6 Å². The van der Waals surface area contributed by atoms with Crippen LogP contribution in [-0.4, -0.2) is 0 Å². The van der Waals surface area contributed by atoms with Gasteiger partial charge in [-0.05, 0) is 52.6 Å². The highest BCUT2D eigenvalue weighted by Gasteiger charge is 2.00. The third kappa shape index (κ3) is 3.58. The van der Waals surface area contributed by atoms with E-state index in [4.69, 9.17) is 10.5 Å². The molecule has 0 heterocycles. The molecule has 0 saturated carbocycles. The lowest BCUT2D eigenvalue weighted by atomic mass is 10.0. The van der Waals surface area contributed by atoms with E-state index in [9.17, 15) is 0 Å². The van der Waals surface area contributed by atoms with Gasteiger partial charge in [0.25, 0.3) is 0 Å². The molecular weight excluding hydrogens is 292 g/mol. The molecule has 24 heavy (non-hydrogen) atoms. The van der Waals surface area contributed by atoms with Crippen LogP contribution in [0.1, 0.15) is 22.3 Å². The highest BCUT2D eigenvalue weighted by molar-refractivity contribution is 5.74. The highest BCUT2D eigenvalue weighted by Crippen LogP contribution is 2.22. The first kappa shape index (κ1) is 15.3. The summed E-state index contributed by atoms with van der Waals surface area (Å²) in [5.74, 6) is 0. The molecule has 0 aliphatic rings. The molecule has 0 saturated heterocycles. The standard InChI is InChI=1S/C22H14N2/c23-15-19-6-1-4-17(12-19)10-11-18-5-2-8-21(13-18)22-9-3-7-20(14-22)16-24/h1-14H/b11-10+. The van der Waals surface area contributed by atoms with Gasteiger partial charge in [-0.25, -0.2) is 0 Å². The zero-order valence-corrected chi connectivity index (χ0v) is 13.0. The summed E-state index contributed by atoms with van der Waals surface area (Å²) >= 11 is 0. The van der Waals surface area contributed by atoms with Crippen LogP contribution in [0.15, 0.2) is 72.8 Å². The fraction of sp³-hybridized carbons (Fsp3) is 0. The SMILES string of the molecule is N#Cc1cccc(/C=C/c2cccc(-c3cccc(C#N)c3)c2)c1. The van der Waals surface area contributed by atoms with E-state index in [-0.39, 0.29) is 0 Å². The normalized spacial score (nSPS) is 10.2. The molecule has 3 aromatic carbocycles. The monoisotopic (exact) mass is 306 g/mol. The Kier molecular flexibility index (Phi) is 4.52. The summed E-state index contributed by atoms with van der Waals surface area (Å²) in [6, 6.07) is 27.5. The van der Waals surface area contributed by atoms with Gasteiger partial charge in [-0.15, -0.1) is 0 Å². The maximum atomic E-state index is 9.03. The van der Waals surface area contributed by atoms with Crippen LogP contribution in [0.2, 0.25) is 0 Å². The molecule has 3 aromatic rings. The molecule has 3 rings (SSSR count). The summed E-state index contributed by atoms with van der Waals surface area (Å²) in [6.45, 7) is 0. The molecule has 0 aliphatic carbocycles. The number of nitriles is 2. The first-order valence-corrected chi connectivity index (χ1v) is 7.57. The molecule has 0 unspecified atom stereocenters. The maximum Gasteiger partial charge on any atom is 0.0991 e. The van der Waals surface area contributed by atoms with Crippen molar-refractivity contribution in [1.82, 2.24) is 0 Å². The minimum Gasteiger partial charge on any atom is -0.192 e. The van der Waals surface area contributed by atoms with Crippen molar-refractivity contribution in [2.45, 2.75) is 0 Å². The van der Waals surface area contributed by atoms with Crippen molar-refractivity contribution in [3.8, 4) is 23.3 Å². The first-order chi connectivity index (χ1) is 11.8. The molecule has 2 heteroatoms. The van der Waals surface area contributed by atoms with Gasteiger partial charge < -0.3 is 0 Å². The Balaban J connectivity index is 1.89. The Labute approximate surface area is 141 Å².